The van der Waals surface area contributed by atoms with Gasteiger partial charge in [-0.3, -0.25) is 9.78 Å². The monoisotopic (exact) mass is 467 g/mol. The highest BCUT2D eigenvalue weighted by molar-refractivity contribution is 7.13. The molecule has 0 spiro atoms. The first-order valence-corrected chi connectivity index (χ1v) is 11.1. The minimum atomic E-state index is -0.468. The molecule has 162 valence electrons. The molecular weight excluding hydrogens is 449 g/mol. The van der Waals surface area contributed by atoms with Crippen molar-refractivity contribution in [2.45, 2.75) is 13.0 Å². The van der Waals surface area contributed by atoms with Crippen LogP contribution >= 0.6 is 22.9 Å². The number of hydrogen-bond donors (Lipinski definition) is 1. The first-order valence-electron chi connectivity index (χ1n) is 9.89. The third-order valence-corrected chi connectivity index (χ3v) is 5.71. The summed E-state index contributed by atoms with van der Waals surface area (Å²) in [5, 5.41) is 5.48. The molecule has 1 N–H and O–H groups in total. The third-order valence-electron chi connectivity index (χ3n) is 4.60. The average Bonchev–Trinajstić information content (AvgIpc) is 3.29. The molecule has 0 fully saturated rings. The van der Waals surface area contributed by atoms with Gasteiger partial charge in [-0.05, 0) is 42.0 Å². The Morgan fingerprint density at radius 3 is 2.81 bits per heavy atom. The molecule has 0 aliphatic carbocycles. The molecule has 1 amide bonds. The lowest BCUT2D eigenvalue weighted by atomic mass is 10.2. The number of aromatic nitrogens is 2. The van der Waals surface area contributed by atoms with Crippen molar-refractivity contribution >= 4 is 28.8 Å². The fourth-order valence-electron chi connectivity index (χ4n) is 2.99. The fraction of sp³-hybridized carbons (Fsp3) is 0.125. The number of amides is 1. The van der Waals surface area contributed by atoms with E-state index in [0.29, 0.717) is 34.3 Å². The van der Waals surface area contributed by atoms with Crippen LogP contribution in [-0.2, 0) is 13.0 Å². The Balaban J connectivity index is 1.36. The molecule has 0 bridgehead atoms. The van der Waals surface area contributed by atoms with Crippen LogP contribution in [0.5, 0.6) is 5.75 Å². The van der Waals surface area contributed by atoms with Crippen LogP contribution in [-0.4, -0.2) is 22.4 Å². The van der Waals surface area contributed by atoms with Crippen LogP contribution in [0.1, 0.15) is 21.7 Å². The van der Waals surface area contributed by atoms with E-state index in [4.69, 9.17) is 16.3 Å². The van der Waals surface area contributed by atoms with E-state index < -0.39 is 5.82 Å². The predicted molar refractivity (Wildman–Crippen MR) is 124 cm³/mol. The summed E-state index contributed by atoms with van der Waals surface area (Å²) in [5.74, 6) is -0.370. The van der Waals surface area contributed by atoms with E-state index in [0.717, 1.165) is 11.3 Å². The van der Waals surface area contributed by atoms with Gasteiger partial charge in [0.25, 0.3) is 5.91 Å². The summed E-state index contributed by atoms with van der Waals surface area (Å²) < 4.78 is 20.3. The second-order valence-corrected chi connectivity index (χ2v) is 8.22. The molecule has 2 heterocycles. The average molecular weight is 468 g/mol. The maximum absolute atomic E-state index is 14.7. The summed E-state index contributed by atoms with van der Waals surface area (Å²) in [7, 11) is 0. The number of hydrogen-bond acceptors (Lipinski definition) is 5. The lowest BCUT2D eigenvalue weighted by molar-refractivity contribution is 0.0950. The summed E-state index contributed by atoms with van der Waals surface area (Å²) in [6.07, 6.45) is 2.33. The SMILES string of the molecule is O=C(NCCc1ccccn1)c1csc(-c2ccc(OCc3cccc(Cl)c3)cc2F)n1. The minimum absolute atomic E-state index is 0.256. The molecule has 5 nitrogen and oxygen atoms in total. The Hall–Kier alpha value is -3.29. The van der Waals surface area contributed by atoms with Gasteiger partial charge < -0.3 is 10.1 Å². The van der Waals surface area contributed by atoms with Gasteiger partial charge >= 0.3 is 0 Å². The molecule has 0 aliphatic rings. The van der Waals surface area contributed by atoms with Gasteiger partial charge in [0, 0.05) is 46.9 Å². The fourth-order valence-corrected chi connectivity index (χ4v) is 4.03. The number of pyridine rings is 1. The molecule has 0 saturated carbocycles. The van der Waals surface area contributed by atoms with Crippen molar-refractivity contribution in [3.8, 4) is 16.3 Å². The number of thiazole rings is 1. The van der Waals surface area contributed by atoms with Crippen LogP contribution in [0.2, 0.25) is 5.02 Å². The summed E-state index contributed by atoms with van der Waals surface area (Å²) >= 11 is 7.18. The van der Waals surface area contributed by atoms with Crippen molar-refractivity contribution in [1.82, 2.24) is 15.3 Å². The van der Waals surface area contributed by atoms with Crippen molar-refractivity contribution < 1.29 is 13.9 Å². The van der Waals surface area contributed by atoms with Gasteiger partial charge in [-0.1, -0.05) is 29.8 Å². The second-order valence-electron chi connectivity index (χ2n) is 6.93. The van der Waals surface area contributed by atoms with Crippen LogP contribution < -0.4 is 10.1 Å². The standard InChI is InChI=1S/C24H19ClFN3O2S/c25-17-5-3-4-16(12-17)14-31-19-7-8-20(21(26)13-19)24-29-22(15-32-24)23(30)28-11-9-18-6-1-2-10-27-18/h1-8,10,12-13,15H,9,11,14H2,(H,28,30). The maximum atomic E-state index is 14.7. The van der Waals surface area contributed by atoms with E-state index in [2.05, 4.69) is 15.3 Å². The van der Waals surface area contributed by atoms with Crippen LogP contribution in [0.4, 0.5) is 4.39 Å². The van der Waals surface area contributed by atoms with E-state index in [1.807, 2.05) is 30.3 Å². The number of nitrogens with zero attached hydrogens (tertiary/aromatic N) is 2. The lowest BCUT2D eigenvalue weighted by Gasteiger charge is -2.08. The Labute approximate surface area is 193 Å². The van der Waals surface area contributed by atoms with Gasteiger partial charge in [0.05, 0.1) is 0 Å². The zero-order valence-electron chi connectivity index (χ0n) is 16.9. The van der Waals surface area contributed by atoms with Gasteiger partial charge in [-0.2, -0.15) is 0 Å². The molecule has 0 radical (unpaired) electrons. The second kappa shape index (κ2) is 10.3. The van der Waals surface area contributed by atoms with Crippen LogP contribution in [0, 0.1) is 5.82 Å². The number of rotatable bonds is 8. The van der Waals surface area contributed by atoms with Crippen LogP contribution in [0.15, 0.2) is 72.2 Å². The van der Waals surface area contributed by atoms with Gasteiger partial charge in [0.2, 0.25) is 0 Å². The number of carbonyl (C=O) groups excluding carboxylic acids is 1. The van der Waals surface area contributed by atoms with E-state index >= 15 is 0 Å². The highest BCUT2D eigenvalue weighted by atomic mass is 35.5. The van der Waals surface area contributed by atoms with Crippen molar-refractivity contribution in [1.29, 1.82) is 0 Å². The topological polar surface area (TPSA) is 64.1 Å². The maximum Gasteiger partial charge on any atom is 0.270 e. The highest BCUT2D eigenvalue weighted by Crippen LogP contribution is 2.29. The summed E-state index contributed by atoms with van der Waals surface area (Å²) in [5.41, 5.74) is 2.36. The van der Waals surface area contributed by atoms with Gasteiger partial charge in [0.1, 0.15) is 28.9 Å². The molecule has 32 heavy (non-hydrogen) atoms. The smallest absolute Gasteiger partial charge is 0.270 e. The summed E-state index contributed by atoms with van der Waals surface area (Å²) in [6.45, 7) is 0.717. The molecule has 4 rings (SSSR count). The van der Waals surface area contributed by atoms with Crippen molar-refractivity contribution in [3.63, 3.8) is 0 Å². The highest BCUT2D eigenvalue weighted by Gasteiger charge is 2.15. The number of carbonyl (C=O) groups is 1. The first kappa shape index (κ1) is 21.9. The van der Waals surface area contributed by atoms with Crippen molar-refractivity contribution in [2.75, 3.05) is 6.54 Å². The van der Waals surface area contributed by atoms with E-state index in [1.165, 1.54) is 17.4 Å². The van der Waals surface area contributed by atoms with Crippen molar-refractivity contribution in [2.24, 2.45) is 0 Å². The minimum Gasteiger partial charge on any atom is -0.489 e. The third kappa shape index (κ3) is 5.69. The number of halogens is 2. The summed E-state index contributed by atoms with van der Waals surface area (Å²) in [6, 6.07) is 17.5. The number of ether oxygens (including phenoxy) is 1. The van der Waals surface area contributed by atoms with Crippen LogP contribution in [0.25, 0.3) is 10.6 Å². The molecule has 0 unspecified atom stereocenters. The molecule has 2 aromatic carbocycles. The Bertz CT molecular complexity index is 1220. The Morgan fingerprint density at radius 1 is 1.12 bits per heavy atom. The van der Waals surface area contributed by atoms with E-state index in [-0.39, 0.29) is 18.2 Å². The lowest BCUT2D eigenvalue weighted by Crippen LogP contribution is -2.26. The predicted octanol–water partition coefficient (Wildman–Crippen LogP) is 5.55. The van der Waals surface area contributed by atoms with Gasteiger partial charge in [-0.25, -0.2) is 9.37 Å². The molecule has 0 saturated heterocycles. The molecule has 4 aromatic rings. The van der Waals surface area contributed by atoms with Crippen molar-refractivity contribution in [3.05, 3.63) is 100 Å². The largest absolute Gasteiger partial charge is 0.489 e. The first-order chi connectivity index (χ1) is 15.6. The molecular formula is C24H19ClFN3O2S. The van der Waals surface area contributed by atoms with Gasteiger partial charge in [-0.15, -0.1) is 11.3 Å². The zero-order chi connectivity index (χ0) is 22.3. The number of nitrogens with one attached hydrogen (secondary N) is 1. The Kier molecular flexibility index (Phi) is 7.09. The zero-order valence-corrected chi connectivity index (χ0v) is 18.5. The molecule has 8 heteroatoms. The number of benzene rings is 2. The van der Waals surface area contributed by atoms with E-state index in [1.54, 1.807) is 35.8 Å². The summed E-state index contributed by atoms with van der Waals surface area (Å²) in [4.78, 5) is 20.9. The molecule has 0 atom stereocenters. The van der Waals surface area contributed by atoms with Gasteiger partial charge in [0.15, 0.2) is 0 Å². The van der Waals surface area contributed by atoms with E-state index in [9.17, 15) is 9.18 Å². The van der Waals surface area contributed by atoms with Crippen LogP contribution in [0.3, 0.4) is 0 Å². The normalized spacial score (nSPS) is 10.7. The molecule has 2 aromatic heterocycles. The Morgan fingerprint density at radius 2 is 2.03 bits per heavy atom. The molecule has 0 aliphatic heterocycles. The quantitative estimate of drug-likeness (QED) is 0.369.